The molecule has 1 fully saturated rings. The largest absolute Gasteiger partial charge is 0.391 e. The molecule has 0 N–H and O–H groups in total. The van der Waals surface area contributed by atoms with E-state index in [1.54, 1.807) is 6.92 Å². The number of nitrogens with zero attached hydrogens (tertiary/aromatic N) is 1. The average Bonchev–Trinajstić information content (AvgIpc) is 2.27. The van der Waals surface area contributed by atoms with Crippen LogP contribution >= 0.6 is 11.6 Å². The van der Waals surface area contributed by atoms with Crippen molar-refractivity contribution in [2.24, 2.45) is 11.8 Å². The molecule has 0 aliphatic carbocycles. The maximum atomic E-state index is 12.4. The molecular weight excluding hydrogens is 291 g/mol. The van der Waals surface area contributed by atoms with Gasteiger partial charge in [0, 0.05) is 19.0 Å². The Morgan fingerprint density at radius 1 is 1.33 bits per heavy atom. The van der Waals surface area contributed by atoms with Crippen molar-refractivity contribution >= 4 is 21.6 Å². The summed E-state index contributed by atoms with van der Waals surface area (Å²) in [6.07, 6.45) is -4.53. The lowest BCUT2D eigenvalue weighted by Gasteiger charge is -2.32. The van der Waals surface area contributed by atoms with E-state index in [9.17, 15) is 21.6 Å². The van der Waals surface area contributed by atoms with Gasteiger partial charge in [0.1, 0.15) is 0 Å². The fourth-order valence-corrected chi connectivity index (χ4v) is 4.02. The molecule has 0 aromatic heterocycles. The minimum absolute atomic E-state index is 0.0541. The zero-order chi connectivity index (χ0) is 14.0. The molecule has 0 bridgehead atoms. The molecular formula is C10H17ClF3NO2S. The third kappa shape index (κ3) is 4.28. The molecule has 0 aromatic carbocycles. The van der Waals surface area contributed by atoms with Crippen LogP contribution in [0.4, 0.5) is 13.2 Å². The van der Waals surface area contributed by atoms with Crippen LogP contribution in [-0.2, 0) is 10.0 Å². The molecule has 0 aromatic rings. The van der Waals surface area contributed by atoms with Gasteiger partial charge in [-0.25, -0.2) is 12.7 Å². The summed E-state index contributed by atoms with van der Waals surface area (Å²) in [7, 11) is -3.48. The predicted octanol–water partition coefficient (Wildman–Crippen LogP) is 2.47. The van der Waals surface area contributed by atoms with Crippen LogP contribution in [0, 0.1) is 11.8 Å². The van der Waals surface area contributed by atoms with Crippen LogP contribution in [0.1, 0.15) is 19.8 Å². The summed E-state index contributed by atoms with van der Waals surface area (Å²) in [5.74, 6) is -1.46. The summed E-state index contributed by atoms with van der Waals surface area (Å²) >= 11 is 5.55. The van der Waals surface area contributed by atoms with Gasteiger partial charge in [0.25, 0.3) is 0 Å². The number of hydrogen-bond donors (Lipinski definition) is 0. The van der Waals surface area contributed by atoms with Crippen molar-refractivity contribution in [1.29, 1.82) is 0 Å². The molecule has 18 heavy (non-hydrogen) atoms. The summed E-state index contributed by atoms with van der Waals surface area (Å²) in [5, 5.41) is 0. The average molecular weight is 308 g/mol. The smallest absolute Gasteiger partial charge is 0.212 e. The Balaban J connectivity index is 2.57. The Morgan fingerprint density at radius 2 is 1.83 bits per heavy atom. The summed E-state index contributed by atoms with van der Waals surface area (Å²) in [6.45, 7) is 1.59. The Bertz CT molecular complexity index is 364. The number of rotatable bonds is 4. The SMILES string of the molecule is CC(CCl)CS(=O)(=O)N1CCC(C(F)(F)F)CC1. The molecule has 1 aliphatic rings. The first-order valence-corrected chi connectivity index (χ1v) is 7.91. The highest BCUT2D eigenvalue weighted by Crippen LogP contribution is 2.34. The fourth-order valence-electron chi connectivity index (χ4n) is 1.97. The lowest BCUT2D eigenvalue weighted by molar-refractivity contribution is -0.182. The summed E-state index contributed by atoms with van der Waals surface area (Å²) < 4.78 is 62.3. The number of halogens is 4. The molecule has 1 atom stereocenters. The molecule has 0 saturated carbocycles. The first-order chi connectivity index (χ1) is 8.16. The highest BCUT2D eigenvalue weighted by molar-refractivity contribution is 7.89. The second-order valence-corrected chi connectivity index (χ2v) is 7.08. The van der Waals surface area contributed by atoms with Crippen LogP contribution in [-0.4, -0.2) is 43.6 Å². The second kappa shape index (κ2) is 5.96. The van der Waals surface area contributed by atoms with Crippen LogP contribution in [0.2, 0.25) is 0 Å². The monoisotopic (exact) mass is 307 g/mol. The molecule has 1 rings (SSSR count). The van der Waals surface area contributed by atoms with Crippen molar-refractivity contribution in [1.82, 2.24) is 4.31 Å². The number of sulfonamides is 1. The van der Waals surface area contributed by atoms with Crippen molar-refractivity contribution in [3.05, 3.63) is 0 Å². The first-order valence-electron chi connectivity index (χ1n) is 5.77. The van der Waals surface area contributed by atoms with E-state index in [0.29, 0.717) is 0 Å². The molecule has 0 spiro atoms. The minimum Gasteiger partial charge on any atom is -0.212 e. The standard InChI is InChI=1S/C10H17ClF3NO2S/c1-8(6-11)7-18(16,17)15-4-2-9(3-5-15)10(12,13)14/h8-9H,2-7H2,1H3. The van der Waals surface area contributed by atoms with Crippen LogP contribution in [0.3, 0.4) is 0 Å². The van der Waals surface area contributed by atoms with E-state index in [2.05, 4.69) is 0 Å². The van der Waals surface area contributed by atoms with Gasteiger partial charge < -0.3 is 0 Å². The van der Waals surface area contributed by atoms with Crippen LogP contribution in [0.25, 0.3) is 0 Å². The molecule has 108 valence electrons. The van der Waals surface area contributed by atoms with Crippen molar-refractivity contribution in [2.45, 2.75) is 25.9 Å². The van der Waals surface area contributed by atoms with E-state index in [4.69, 9.17) is 11.6 Å². The number of piperidine rings is 1. The zero-order valence-corrected chi connectivity index (χ0v) is 11.7. The normalized spacial score (nSPS) is 22.1. The maximum absolute atomic E-state index is 12.4. The van der Waals surface area contributed by atoms with Gasteiger partial charge in [-0.15, -0.1) is 11.6 Å². The zero-order valence-electron chi connectivity index (χ0n) is 10.1. The molecule has 1 heterocycles. The molecule has 1 aliphatic heterocycles. The van der Waals surface area contributed by atoms with Gasteiger partial charge >= 0.3 is 6.18 Å². The van der Waals surface area contributed by atoms with E-state index in [0.717, 1.165) is 4.31 Å². The van der Waals surface area contributed by atoms with Gasteiger partial charge in [-0.3, -0.25) is 0 Å². The quantitative estimate of drug-likeness (QED) is 0.748. The van der Waals surface area contributed by atoms with Crippen LogP contribution in [0.15, 0.2) is 0 Å². The van der Waals surface area contributed by atoms with Gasteiger partial charge in [0.05, 0.1) is 11.7 Å². The van der Waals surface area contributed by atoms with E-state index in [1.807, 2.05) is 0 Å². The summed E-state index contributed by atoms with van der Waals surface area (Å²) in [6, 6.07) is 0. The Hall–Kier alpha value is -0.0100. The van der Waals surface area contributed by atoms with Gasteiger partial charge in [0.15, 0.2) is 0 Å². The predicted molar refractivity (Wildman–Crippen MR) is 64.0 cm³/mol. The molecule has 1 unspecified atom stereocenters. The lowest BCUT2D eigenvalue weighted by atomic mass is 9.98. The van der Waals surface area contributed by atoms with E-state index >= 15 is 0 Å². The molecule has 0 radical (unpaired) electrons. The Labute approximate surface area is 110 Å². The fraction of sp³-hybridized carbons (Fsp3) is 1.00. The van der Waals surface area contributed by atoms with Gasteiger partial charge in [0.2, 0.25) is 10.0 Å². The molecule has 3 nitrogen and oxygen atoms in total. The topological polar surface area (TPSA) is 37.4 Å². The maximum Gasteiger partial charge on any atom is 0.391 e. The highest BCUT2D eigenvalue weighted by atomic mass is 35.5. The summed E-state index contributed by atoms with van der Waals surface area (Å²) in [4.78, 5) is 0. The van der Waals surface area contributed by atoms with Crippen molar-refractivity contribution < 1.29 is 21.6 Å². The molecule has 1 saturated heterocycles. The second-order valence-electron chi connectivity index (χ2n) is 4.75. The highest BCUT2D eigenvalue weighted by Gasteiger charge is 2.42. The third-order valence-corrected chi connectivity index (χ3v) is 5.74. The Morgan fingerprint density at radius 3 is 2.22 bits per heavy atom. The number of alkyl halides is 4. The van der Waals surface area contributed by atoms with Crippen LogP contribution < -0.4 is 0 Å². The molecule has 0 amide bonds. The van der Waals surface area contributed by atoms with E-state index in [-0.39, 0.29) is 43.5 Å². The number of hydrogen-bond acceptors (Lipinski definition) is 2. The van der Waals surface area contributed by atoms with E-state index < -0.39 is 22.1 Å². The minimum atomic E-state index is -4.22. The van der Waals surface area contributed by atoms with Gasteiger partial charge in [-0.2, -0.15) is 13.2 Å². The molecule has 8 heteroatoms. The third-order valence-electron chi connectivity index (χ3n) is 3.07. The Kier molecular flexibility index (Phi) is 5.32. The van der Waals surface area contributed by atoms with E-state index in [1.165, 1.54) is 0 Å². The lowest BCUT2D eigenvalue weighted by Crippen LogP contribution is -2.43. The summed E-state index contributed by atoms with van der Waals surface area (Å²) in [5.41, 5.74) is 0. The van der Waals surface area contributed by atoms with Gasteiger partial charge in [-0.1, -0.05) is 6.92 Å². The van der Waals surface area contributed by atoms with Crippen LogP contribution in [0.5, 0.6) is 0 Å². The first kappa shape index (κ1) is 16.0. The van der Waals surface area contributed by atoms with Crippen molar-refractivity contribution in [2.75, 3.05) is 24.7 Å². The van der Waals surface area contributed by atoms with Gasteiger partial charge in [-0.05, 0) is 18.8 Å². The van der Waals surface area contributed by atoms with Crippen molar-refractivity contribution in [3.8, 4) is 0 Å². The van der Waals surface area contributed by atoms with Crippen molar-refractivity contribution in [3.63, 3.8) is 0 Å².